The highest BCUT2D eigenvalue weighted by Gasteiger charge is 2.41. The molecular formula is C23H32ClN5O2. The molecule has 2 atom stereocenters. The first-order chi connectivity index (χ1) is 15.0. The second-order valence-corrected chi connectivity index (χ2v) is 9.00. The molecule has 1 fully saturated rings. The zero-order valence-corrected chi connectivity index (χ0v) is 19.1. The summed E-state index contributed by atoms with van der Waals surface area (Å²) >= 11 is 6.52. The van der Waals surface area contributed by atoms with E-state index in [0.717, 1.165) is 51.7 Å². The number of ether oxygens (including phenoxy) is 1. The second kappa shape index (κ2) is 9.49. The van der Waals surface area contributed by atoms with Crippen molar-refractivity contribution in [2.75, 3.05) is 32.1 Å². The minimum atomic E-state index is -0.440. The van der Waals surface area contributed by atoms with Crippen molar-refractivity contribution in [2.45, 2.75) is 57.0 Å². The number of guanidine groups is 1. The second-order valence-electron chi connectivity index (χ2n) is 8.59. The molecule has 1 aromatic rings. The van der Waals surface area contributed by atoms with Gasteiger partial charge in [-0.3, -0.25) is 9.79 Å². The fourth-order valence-electron chi connectivity index (χ4n) is 4.79. The minimum absolute atomic E-state index is 0.177. The lowest BCUT2D eigenvalue weighted by atomic mass is 9.78. The normalized spacial score (nSPS) is 22.7. The van der Waals surface area contributed by atoms with E-state index in [2.05, 4.69) is 39.3 Å². The molecule has 0 radical (unpaired) electrons. The number of nitrogens with zero attached hydrogens (tertiary/aromatic N) is 1. The van der Waals surface area contributed by atoms with Crippen LogP contribution in [0, 0.1) is 0 Å². The third-order valence-corrected chi connectivity index (χ3v) is 6.86. The number of benzene rings is 1. The Kier molecular flexibility index (Phi) is 6.72. The molecule has 8 heteroatoms. The maximum Gasteiger partial charge on any atom is 0.255 e. The molecule has 3 aliphatic rings. The number of aliphatic imine (C=N–C) groups is 1. The van der Waals surface area contributed by atoms with Crippen molar-refractivity contribution in [2.24, 2.45) is 4.99 Å². The Balaban J connectivity index is 1.61. The van der Waals surface area contributed by atoms with E-state index in [0.29, 0.717) is 28.0 Å². The Labute approximate surface area is 189 Å². The summed E-state index contributed by atoms with van der Waals surface area (Å²) in [6, 6.07) is 3.64. The summed E-state index contributed by atoms with van der Waals surface area (Å²) in [6.45, 7) is 4.65. The van der Waals surface area contributed by atoms with Gasteiger partial charge in [0.25, 0.3) is 5.91 Å². The molecule has 4 rings (SSSR count). The molecule has 2 heterocycles. The van der Waals surface area contributed by atoms with Crippen LogP contribution in [0.1, 0.15) is 55.8 Å². The molecule has 4 N–H and O–H groups in total. The lowest BCUT2D eigenvalue weighted by molar-refractivity contribution is 0.0899. The number of carbonyl (C=O) groups excluding carboxylic acids is 1. The van der Waals surface area contributed by atoms with Crippen molar-refractivity contribution in [3.8, 4) is 5.75 Å². The molecule has 0 saturated carbocycles. The van der Waals surface area contributed by atoms with Crippen molar-refractivity contribution in [3.05, 3.63) is 34.4 Å². The fourth-order valence-corrected chi connectivity index (χ4v) is 5.00. The van der Waals surface area contributed by atoms with Crippen molar-refractivity contribution < 1.29 is 9.53 Å². The Bertz CT molecular complexity index is 894. The van der Waals surface area contributed by atoms with Crippen LogP contribution in [0.25, 0.3) is 0 Å². The number of allylic oxidation sites excluding steroid dienone is 1. The third-order valence-electron chi connectivity index (χ3n) is 6.55. The number of methoxy groups -OCH3 is 1. The zero-order chi connectivity index (χ0) is 21.8. The SMILES string of the molecule is COc1cc(NC2=NCCN2)c(Cl)cc1C(=O)NC(C)(C1=CCCCC1)C1CCCN1. The highest BCUT2D eigenvalue weighted by atomic mass is 35.5. The summed E-state index contributed by atoms with van der Waals surface area (Å²) < 4.78 is 5.56. The van der Waals surface area contributed by atoms with E-state index in [4.69, 9.17) is 16.3 Å². The molecule has 0 bridgehead atoms. The Morgan fingerprint density at radius 2 is 2.16 bits per heavy atom. The maximum atomic E-state index is 13.5. The number of anilines is 1. The monoisotopic (exact) mass is 445 g/mol. The van der Waals surface area contributed by atoms with Gasteiger partial charge in [0.15, 0.2) is 5.96 Å². The number of hydrogen-bond donors (Lipinski definition) is 4. The van der Waals surface area contributed by atoms with Gasteiger partial charge in [-0.2, -0.15) is 0 Å². The third kappa shape index (κ3) is 4.67. The van der Waals surface area contributed by atoms with Gasteiger partial charge in [-0.25, -0.2) is 0 Å². The van der Waals surface area contributed by atoms with Gasteiger partial charge >= 0.3 is 0 Å². The number of amides is 1. The van der Waals surface area contributed by atoms with Crippen LogP contribution in [0.4, 0.5) is 5.69 Å². The molecular weight excluding hydrogens is 414 g/mol. The summed E-state index contributed by atoms with van der Waals surface area (Å²) in [6.07, 6.45) is 8.95. The number of nitrogens with one attached hydrogen (secondary N) is 4. The molecule has 2 unspecified atom stereocenters. The van der Waals surface area contributed by atoms with Crippen molar-refractivity contribution in [1.82, 2.24) is 16.0 Å². The number of halogens is 1. The van der Waals surface area contributed by atoms with Crippen LogP contribution >= 0.6 is 11.6 Å². The average molecular weight is 446 g/mol. The van der Waals surface area contributed by atoms with Crippen molar-refractivity contribution in [3.63, 3.8) is 0 Å². The van der Waals surface area contributed by atoms with Crippen molar-refractivity contribution in [1.29, 1.82) is 0 Å². The van der Waals surface area contributed by atoms with Gasteiger partial charge in [0.1, 0.15) is 5.75 Å². The van der Waals surface area contributed by atoms with Gasteiger partial charge < -0.3 is 26.0 Å². The molecule has 1 aliphatic carbocycles. The first kappa shape index (κ1) is 22.0. The quantitative estimate of drug-likeness (QED) is 0.504. The molecule has 31 heavy (non-hydrogen) atoms. The van der Waals surface area contributed by atoms with Gasteiger partial charge in [0, 0.05) is 18.7 Å². The molecule has 1 amide bonds. The minimum Gasteiger partial charge on any atom is -0.496 e. The molecule has 168 valence electrons. The molecule has 0 spiro atoms. The summed E-state index contributed by atoms with van der Waals surface area (Å²) in [5.74, 6) is 0.969. The molecule has 2 aliphatic heterocycles. The van der Waals surface area contributed by atoms with Gasteiger partial charge in [0.05, 0.1) is 35.5 Å². The number of hydrogen-bond acceptors (Lipinski definition) is 6. The van der Waals surface area contributed by atoms with Crippen LogP contribution in [-0.4, -0.2) is 50.2 Å². The van der Waals surface area contributed by atoms with Crippen LogP contribution in [0.2, 0.25) is 5.02 Å². The van der Waals surface area contributed by atoms with Crippen LogP contribution in [0.5, 0.6) is 5.75 Å². The lowest BCUT2D eigenvalue weighted by Gasteiger charge is -2.40. The van der Waals surface area contributed by atoms with Gasteiger partial charge in [-0.1, -0.05) is 17.7 Å². The Hall–Kier alpha value is -2.25. The number of rotatable bonds is 6. The fraction of sp³-hybridized carbons (Fsp3) is 0.565. The lowest BCUT2D eigenvalue weighted by Crippen LogP contribution is -2.59. The number of carbonyl (C=O) groups is 1. The highest BCUT2D eigenvalue weighted by molar-refractivity contribution is 6.34. The topological polar surface area (TPSA) is 86.8 Å². The van der Waals surface area contributed by atoms with Crippen molar-refractivity contribution >= 4 is 29.2 Å². The van der Waals surface area contributed by atoms with E-state index >= 15 is 0 Å². The van der Waals surface area contributed by atoms with Gasteiger partial charge in [-0.15, -0.1) is 0 Å². The Morgan fingerprint density at radius 3 is 2.81 bits per heavy atom. The highest BCUT2D eigenvalue weighted by Crippen LogP contribution is 2.35. The van der Waals surface area contributed by atoms with Crippen LogP contribution < -0.4 is 26.0 Å². The van der Waals surface area contributed by atoms with E-state index in [9.17, 15) is 4.79 Å². The molecule has 0 aromatic heterocycles. The van der Waals surface area contributed by atoms with Gasteiger partial charge in [0.2, 0.25) is 0 Å². The predicted octanol–water partition coefficient (Wildman–Crippen LogP) is 3.46. The largest absolute Gasteiger partial charge is 0.496 e. The smallest absolute Gasteiger partial charge is 0.255 e. The van der Waals surface area contributed by atoms with Crippen LogP contribution in [-0.2, 0) is 0 Å². The molecule has 1 saturated heterocycles. The summed E-state index contributed by atoms with van der Waals surface area (Å²) in [7, 11) is 1.57. The van der Waals surface area contributed by atoms with E-state index in [-0.39, 0.29) is 11.9 Å². The summed E-state index contributed by atoms with van der Waals surface area (Å²) in [5, 5.41) is 13.7. The zero-order valence-electron chi connectivity index (χ0n) is 18.3. The Morgan fingerprint density at radius 1 is 1.29 bits per heavy atom. The van der Waals surface area contributed by atoms with Gasteiger partial charge in [-0.05, 0) is 63.6 Å². The van der Waals surface area contributed by atoms with E-state index < -0.39 is 5.54 Å². The van der Waals surface area contributed by atoms with E-state index in [1.165, 1.54) is 12.0 Å². The average Bonchev–Trinajstić information content (AvgIpc) is 3.50. The van der Waals surface area contributed by atoms with Crippen LogP contribution in [0.15, 0.2) is 28.8 Å². The van der Waals surface area contributed by atoms with E-state index in [1.807, 2.05) is 0 Å². The summed E-state index contributed by atoms with van der Waals surface area (Å²) in [5.41, 5.74) is 1.96. The first-order valence-corrected chi connectivity index (χ1v) is 11.6. The predicted molar refractivity (Wildman–Crippen MR) is 125 cm³/mol. The maximum absolute atomic E-state index is 13.5. The van der Waals surface area contributed by atoms with Crippen LogP contribution in [0.3, 0.4) is 0 Å². The first-order valence-electron chi connectivity index (χ1n) is 11.2. The molecule has 1 aromatic carbocycles. The van der Waals surface area contributed by atoms with E-state index in [1.54, 1.807) is 19.2 Å². The molecule has 7 nitrogen and oxygen atoms in total. The standard InChI is InChI=1S/C23H32ClN5O2/c1-23(20-9-6-10-25-20,15-7-4-3-5-8-15)29-21(30)16-13-17(24)18(14-19(16)31-2)28-22-26-11-12-27-22/h7,13-14,20,25H,3-6,8-12H2,1-2H3,(H,29,30)(H2,26,27,28). The summed E-state index contributed by atoms with van der Waals surface area (Å²) in [4.78, 5) is 17.8.